The molecule has 144 valence electrons. The van der Waals surface area contributed by atoms with E-state index >= 15 is 0 Å². The van der Waals surface area contributed by atoms with E-state index in [2.05, 4.69) is 10.3 Å². The van der Waals surface area contributed by atoms with Crippen molar-refractivity contribution in [3.8, 4) is 23.0 Å². The predicted octanol–water partition coefficient (Wildman–Crippen LogP) is 4.66. The monoisotopic (exact) mass is 390 g/mol. The third-order valence-corrected chi connectivity index (χ3v) is 4.52. The van der Waals surface area contributed by atoms with Gasteiger partial charge in [-0.15, -0.1) is 0 Å². The number of hydrogen-bond donors (Lipinski definition) is 1. The average Bonchev–Trinajstić information content (AvgIpc) is 3.17. The molecule has 1 N–H and O–H groups in total. The smallest absolute Gasteiger partial charge is 0.255 e. The second kappa shape index (κ2) is 6.94. The molecule has 0 bridgehead atoms. The maximum atomic E-state index is 13.4. The molecule has 0 spiro atoms. The summed E-state index contributed by atoms with van der Waals surface area (Å²) in [5.41, 5.74) is 2.65. The quantitative estimate of drug-likeness (QED) is 0.551. The molecular formula is C22H15FN2O4. The summed E-state index contributed by atoms with van der Waals surface area (Å²) >= 11 is 0. The molecule has 6 nitrogen and oxygen atoms in total. The van der Waals surface area contributed by atoms with Crippen LogP contribution in [-0.2, 0) is 0 Å². The number of halogens is 1. The topological polar surface area (TPSA) is 73.6 Å². The van der Waals surface area contributed by atoms with Crippen LogP contribution in [0.2, 0.25) is 0 Å². The molecule has 7 heteroatoms. The molecule has 0 fully saturated rings. The number of benzene rings is 3. The summed E-state index contributed by atoms with van der Waals surface area (Å²) in [6.07, 6.45) is 0. The van der Waals surface area contributed by atoms with Crippen LogP contribution in [0.4, 0.5) is 10.1 Å². The van der Waals surface area contributed by atoms with E-state index in [0.29, 0.717) is 58.5 Å². The average molecular weight is 390 g/mol. The van der Waals surface area contributed by atoms with Crippen LogP contribution in [0.3, 0.4) is 0 Å². The lowest BCUT2D eigenvalue weighted by Crippen LogP contribution is -2.17. The molecule has 4 aromatic rings. The molecule has 0 saturated heterocycles. The zero-order valence-electron chi connectivity index (χ0n) is 15.1. The SMILES string of the molecule is O=C(Nc1ccc2nc(-c3cccc(F)c3)oc2c1)c1ccc2c(c1)OCCO2. The standard InChI is InChI=1S/C22H15FN2O4/c23-15-3-1-2-14(10-15)22-25-17-6-5-16(12-19(17)29-22)24-21(26)13-4-7-18-20(11-13)28-9-8-27-18/h1-7,10-12H,8-9H2,(H,24,26). The van der Waals surface area contributed by atoms with Crippen molar-refractivity contribution < 1.29 is 23.1 Å². The molecule has 1 amide bonds. The normalized spacial score (nSPS) is 12.7. The molecule has 1 aliphatic rings. The van der Waals surface area contributed by atoms with Gasteiger partial charge in [0.1, 0.15) is 24.5 Å². The molecule has 29 heavy (non-hydrogen) atoms. The highest BCUT2D eigenvalue weighted by molar-refractivity contribution is 6.05. The van der Waals surface area contributed by atoms with Crippen LogP contribution >= 0.6 is 0 Å². The van der Waals surface area contributed by atoms with Gasteiger partial charge in [-0.2, -0.15) is 0 Å². The summed E-state index contributed by atoms with van der Waals surface area (Å²) in [6, 6.07) is 16.2. The molecule has 2 heterocycles. The molecule has 5 rings (SSSR count). The lowest BCUT2D eigenvalue weighted by Gasteiger charge is -2.18. The molecule has 3 aromatic carbocycles. The second-order valence-electron chi connectivity index (χ2n) is 6.52. The van der Waals surface area contributed by atoms with E-state index in [0.717, 1.165) is 0 Å². The number of anilines is 1. The van der Waals surface area contributed by atoms with E-state index in [1.54, 1.807) is 48.5 Å². The van der Waals surface area contributed by atoms with Gasteiger partial charge in [0.2, 0.25) is 5.89 Å². The van der Waals surface area contributed by atoms with Crippen molar-refractivity contribution in [2.24, 2.45) is 0 Å². The molecular weight excluding hydrogens is 375 g/mol. The van der Waals surface area contributed by atoms with E-state index in [9.17, 15) is 9.18 Å². The Hall–Kier alpha value is -3.87. The highest BCUT2D eigenvalue weighted by Crippen LogP contribution is 2.31. The molecule has 0 aliphatic carbocycles. The fourth-order valence-corrected chi connectivity index (χ4v) is 3.14. The van der Waals surface area contributed by atoms with Gasteiger partial charge in [0, 0.05) is 22.9 Å². The molecule has 0 unspecified atom stereocenters. The van der Waals surface area contributed by atoms with Gasteiger partial charge in [-0.05, 0) is 48.5 Å². The molecule has 0 atom stereocenters. The Labute approximate surface area is 164 Å². The van der Waals surface area contributed by atoms with Gasteiger partial charge in [0.25, 0.3) is 5.91 Å². The lowest BCUT2D eigenvalue weighted by atomic mass is 10.1. The maximum Gasteiger partial charge on any atom is 0.255 e. The molecule has 1 aromatic heterocycles. The van der Waals surface area contributed by atoms with Crippen LogP contribution in [0, 0.1) is 5.82 Å². The summed E-state index contributed by atoms with van der Waals surface area (Å²) < 4.78 is 30.2. The zero-order chi connectivity index (χ0) is 19.8. The number of amides is 1. The van der Waals surface area contributed by atoms with E-state index in [-0.39, 0.29) is 11.7 Å². The fraction of sp³-hybridized carbons (Fsp3) is 0.0909. The Balaban J connectivity index is 1.40. The second-order valence-corrected chi connectivity index (χ2v) is 6.52. The Morgan fingerprint density at radius 3 is 2.69 bits per heavy atom. The number of ether oxygens (including phenoxy) is 2. The Bertz CT molecular complexity index is 1230. The molecule has 1 aliphatic heterocycles. The molecule has 0 saturated carbocycles. The number of hydrogen-bond acceptors (Lipinski definition) is 5. The number of oxazole rings is 1. The highest BCUT2D eigenvalue weighted by atomic mass is 19.1. The number of fused-ring (bicyclic) bond motifs is 2. The van der Waals surface area contributed by atoms with Crippen molar-refractivity contribution in [2.45, 2.75) is 0 Å². The van der Waals surface area contributed by atoms with Crippen LogP contribution < -0.4 is 14.8 Å². The minimum Gasteiger partial charge on any atom is -0.486 e. The number of nitrogens with zero attached hydrogens (tertiary/aromatic N) is 1. The van der Waals surface area contributed by atoms with E-state index < -0.39 is 0 Å². The number of nitrogens with one attached hydrogen (secondary N) is 1. The first-order valence-electron chi connectivity index (χ1n) is 9.03. The van der Waals surface area contributed by atoms with Crippen LogP contribution in [0.1, 0.15) is 10.4 Å². The minimum absolute atomic E-state index is 0.286. The Morgan fingerprint density at radius 2 is 1.83 bits per heavy atom. The first-order valence-corrected chi connectivity index (χ1v) is 9.03. The van der Waals surface area contributed by atoms with Crippen LogP contribution in [0.5, 0.6) is 11.5 Å². The van der Waals surface area contributed by atoms with Crippen molar-refractivity contribution in [3.63, 3.8) is 0 Å². The van der Waals surface area contributed by atoms with Crippen molar-refractivity contribution in [1.82, 2.24) is 4.98 Å². The first-order chi connectivity index (χ1) is 14.2. The third-order valence-electron chi connectivity index (χ3n) is 4.52. The predicted molar refractivity (Wildman–Crippen MR) is 105 cm³/mol. The zero-order valence-corrected chi connectivity index (χ0v) is 15.1. The van der Waals surface area contributed by atoms with Crippen molar-refractivity contribution in [3.05, 3.63) is 72.0 Å². The third kappa shape index (κ3) is 3.38. The summed E-state index contributed by atoms with van der Waals surface area (Å²) in [5.74, 6) is 0.841. The van der Waals surface area contributed by atoms with Gasteiger partial charge in [0.05, 0.1) is 0 Å². The van der Waals surface area contributed by atoms with E-state index in [1.807, 2.05) is 0 Å². The van der Waals surface area contributed by atoms with Gasteiger partial charge in [-0.25, -0.2) is 9.37 Å². The summed E-state index contributed by atoms with van der Waals surface area (Å²) in [4.78, 5) is 17.0. The first kappa shape index (κ1) is 17.2. The van der Waals surface area contributed by atoms with Crippen molar-refractivity contribution >= 4 is 22.7 Å². The largest absolute Gasteiger partial charge is 0.486 e. The van der Waals surface area contributed by atoms with Gasteiger partial charge in [-0.3, -0.25) is 4.79 Å². The van der Waals surface area contributed by atoms with Gasteiger partial charge >= 0.3 is 0 Å². The van der Waals surface area contributed by atoms with Gasteiger partial charge in [-0.1, -0.05) is 6.07 Å². The van der Waals surface area contributed by atoms with Crippen molar-refractivity contribution in [2.75, 3.05) is 18.5 Å². The minimum atomic E-state index is -0.364. The number of carbonyl (C=O) groups excluding carboxylic acids is 1. The number of rotatable bonds is 3. The van der Waals surface area contributed by atoms with Gasteiger partial charge in [0.15, 0.2) is 17.1 Å². The number of aromatic nitrogens is 1. The Morgan fingerprint density at radius 1 is 0.966 bits per heavy atom. The summed E-state index contributed by atoms with van der Waals surface area (Å²) in [5, 5.41) is 2.83. The number of carbonyl (C=O) groups is 1. The lowest BCUT2D eigenvalue weighted by molar-refractivity contribution is 0.102. The van der Waals surface area contributed by atoms with E-state index in [4.69, 9.17) is 13.9 Å². The van der Waals surface area contributed by atoms with Crippen LogP contribution in [-0.4, -0.2) is 24.1 Å². The van der Waals surface area contributed by atoms with E-state index in [1.165, 1.54) is 12.1 Å². The van der Waals surface area contributed by atoms with Crippen molar-refractivity contribution in [1.29, 1.82) is 0 Å². The Kier molecular flexibility index (Phi) is 4.13. The summed E-state index contributed by atoms with van der Waals surface area (Å²) in [7, 11) is 0. The van der Waals surface area contributed by atoms with Crippen LogP contribution in [0.15, 0.2) is 65.1 Å². The summed E-state index contributed by atoms with van der Waals surface area (Å²) in [6.45, 7) is 0.946. The maximum absolute atomic E-state index is 13.4. The van der Waals surface area contributed by atoms with Gasteiger partial charge < -0.3 is 19.2 Å². The fourth-order valence-electron chi connectivity index (χ4n) is 3.14. The molecule has 0 radical (unpaired) electrons. The highest BCUT2D eigenvalue weighted by Gasteiger charge is 2.16. The van der Waals surface area contributed by atoms with Crippen LogP contribution in [0.25, 0.3) is 22.6 Å².